The molecule has 2 nitrogen and oxygen atoms in total. The molecule has 0 amide bonds. The van der Waals surface area contributed by atoms with Crippen molar-refractivity contribution >= 4 is 23.1 Å². The Morgan fingerprint density at radius 1 is 1.50 bits per heavy atom. The number of thioether (sulfide) groups is 1. The Balaban J connectivity index is 2.08. The minimum absolute atomic E-state index is 0.283. The Hall–Kier alpha value is -0.900. The summed E-state index contributed by atoms with van der Waals surface area (Å²) in [5.41, 5.74) is 7.02. The minimum Gasteiger partial charge on any atom is -0.397 e. The zero-order valence-electron chi connectivity index (χ0n) is 7.79. The fourth-order valence-corrected chi connectivity index (χ4v) is 2.69. The molecular weight excluding hydrogens is 199 g/mol. The lowest BCUT2D eigenvalue weighted by Gasteiger charge is -2.14. The van der Waals surface area contributed by atoms with Crippen molar-refractivity contribution in [2.24, 2.45) is 0 Å². The zero-order chi connectivity index (χ0) is 9.97. The van der Waals surface area contributed by atoms with Gasteiger partial charge >= 0.3 is 0 Å². The summed E-state index contributed by atoms with van der Waals surface area (Å²) in [4.78, 5) is 0. The smallest absolute Gasteiger partial charge is 0.125 e. The summed E-state index contributed by atoms with van der Waals surface area (Å²) in [6, 6.07) is 4.96. The third-order valence-electron chi connectivity index (χ3n) is 2.30. The first-order valence-corrected chi connectivity index (χ1v) is 5.80. The van der Waals surface area contributed by atoms with Crippen LogP contribution in [0.5, 0.6) is 0 Å². The SMILES string of the molecule is Nc1cc(F)ccc1NC1CCSC1. The van der Waals surface area contributed by atoms with E-state index in [1.165, 1.54) is 17.9 Å². The molecule has 14 heavy (non-hydrogen) atoms. The molecule has 76 valence electrons. The highest BCUT2D eigenvalue weighted by Gasteiger charge is 2.15. The number of nitrogen functional groups attached to an aromatic ring is 1. The molecule has 0 spiro atoms. The van der Waals surface area contributed by atoms with E-state index in [4.69, 9.17) is 5.73 Å². The van der Waals surface area contributed by atoms with Crippen LogP contribution in [-0.2, 0) is 0 Å². The summed E-state index contributed by atoms with van der Waals surface area (Å²) < 4.78 is 12.7. The van der Waals surface area contributed by atoms with Gasteiger partial charge in [-0.2, -0.15) is 11.8 Å². The van der Waals surface area contributed by atoms with E-state index in [0.717, 1.165) is 17.9 Å². The molecule has 4 heteroatoms. The second-order valence-electron chi connectivity index (χ2n) is 3.44. The maximum absolute atomic E-state index is 12.7. The van der Waals surface area contributed by atoms with Gasteiger partial charge in [0.2, 0.25) is 0 Å². The van der Waals surface area contributed by atoms with Crippen molar-refractivity contribution < 1.29 is 4.39 Å². The van der Waals surface area contributed by atoms with Crippen molar-refractivity contribution in [3.8, 4) is 0 Å². The summed E-state index contributed by atoms with van der Waals surface area (Å²) in [5, 5.41) is 3.32. The standard InChI is InChI=1S/C10H13FN2S/c11-7-1-2-10(9(12)5-7)13-8-3-4-14-6-8/h1-2,5,8,13H,3-4,6,12H2. The fraction of sp³-hybridized carbons (Fsp3) is 0.400. The first-order valence-electron chi connectivity index (χ1n) is 4.65. The lowest BCUT2D eigenvalue weighted by Crippen LogP contribution is -2.18. The van der Waals surface area contributed by atoms with Crippen LogP contribution in [0.15, 0.2) is 18.2 Å². The Bertz CT molecular complexity index is 324. The van der Waals surface area contributed by atoms with Crippen LogP contribution in [0.25, 0.3) is 0 Å². The lowest BCUT2D eigenvalue weighted by molar-refractivity contribution is 0.628. The summed E-state index contributed by atoms with van der Waals surface area (Å²) >= 11 is 1.93. The molecule has 1 fully saturated rings. The maximum atomic E-state index is 12.7. The Morgan fingerprint density at radius 2 is 2.36 bits per heavy atom. The number of anilines is 2. The van der Waals surface area contributed by atoms with Crippen LogP contribution in [0.2, 0.25) is 0 Å². The number of hydrogen-bond acceptors (Lipinski definition) is 3. The molecule has 0 aromatic heterocycles. The second kappa shape index (κ2) is 4.09. The Labute approximate surface area is 87.1 Å². The molecule has 1 aromatic rings. The predicted octanol–water partition coefficient (Wildman–Crippen LogP) is 2.33. The molecule has 0 aliphatic carbocycles. The third-order valence-corrected chi connectivity index (χ3v) is 3.47. The number of nitrogens with two attached hydrogens (primary N) is 1. The monoisotopic (exact) mass is 212 g/mol. The van der Waals surface area contributed by atoms with Crippen molar-refractivity contribution in [1.29, 1.82) is 0 Å². The molecule has 1 saturated heterocycles. The van der Waals surface area contributed by atoms with E-state index < -0.39 is 0 Å². The highest BCUT2D eigenvalue weighted by atomic mass is 32.2. The van der Waals surface area contributed by atoms with Crippen LogP contribution in [0.4, 0.5) is 15.8 Å². The van der Waals surface area contributed by atoms with Gasteiger partial charge in [0.05, 0.1) is 11.4 Å². The maximum Gasteiger partial charge on any atom is 0.125 e. The van der Waals surface area contributed by atoms with Crippen LogP contribution < -0.4 is 11.1 Å². The molecule has 0 saturated carbocycles. The van der Waals surface area contributed by atoms with Crippen molar-refractivity contribution in [2.45, 2.75) is 12.5 Å². The average Bonchev–Trinajstić information content (AvgIpc) is 2.62. The number of rotatable bonds is 2. The van der Waals surface area contributed by atoms with E-state index in [1.807, 2.05) is 11.8 Å². The average molecular weight is 212 g/mol. The van der Waals surface area contributed by atoms with Gasteiger partial charge in [0, 0.05) is 11.8 Å². The molecule has 2 rings (SSSR count). The van der Waals surface area contributed by atoms with Crippen LogP contribution >= 0.6 is 11.8 Å². The van der Waals surface area contributed by atoms with Gasteiger partial charge in [-0.1, -0.05) is 0 Å². The van der Waals surface area contributed by atoms with Crippen molar-refractivity contribution in [3.05, 3.63) is 24.0 Å². The topological polar surface area (TPSA) is 38.0 Å². The van der Waals surface area contributed by atoms with Gasteiger partial charge < -0.3 is 11.1 Å². The van der Waals surface area contributed by atoms with E-state index >= 15 is 0 Å². The van der Waals surface area contributed by atoms with E-state index in [2.05, 4.69) is 5.32 Å². The molecule has 1 heterocycles. The molecule has 1 unspecified atom stereocenters. The predicted molar refractivity (Wildman–Crippen MR) is 60.2 cm³/mol. The molecule has 3 N–H and O–H groups in total. The molecule has 0 bridgehead atoms. The third kappa shape index (κ3) is 2.12. The highest BCUT2D eigenvalue weighted by molar-refractivity contribution is 7.99. The highest BCUT2D eigenvalue weighted by Crippen LogP contribution is 2.25. The van der Waals surface area contributed by atoms with Crippen molar-refractivity contribution in [1.82, 2.24) is 0 Å². The van der Waals surface area contributed by atoms with Crippen molar-refractivity contribution in [2.75, 3.05) is 22.6 Å². The quantitative estimate of drug-likeness (QED) is 0.739. The molecule has 1 aromatic carbocycles. The van der Waals surface area contributed by atoms with Crippen LogP contribution in [0.1, 0.15) is 6.42 Å². The van der Waals surface area contributed by atoms with Crippen molar-refractivity contribution in [3.63, 3.8) is 0 Å². The Kier molecular flexibility index (Phi) is 2.82. The number of nitrogens with one attached hydrogen (secondary N) is 1. The van der Waals surface area contributed by atoms with Crippen LogP contribution in [0, 0.1) is 5.82 Å². The van der Waals surface area contributed by atoms with E-state index in [1.54, 1.807) is 6.07 Å². The number of halogens is 1. The van der Waals surface area contributed by atoms with E-state index in [9.17, 15) is 4.39 Å². The molecular formula is C10H13FN2S. The van der Waals surface area contributed by atoms with Gasteiger partial charge in [0.1, 0.15) is 5.82 Å². The van der Waals surface area contributed by atoms with Gasteiger partial charge in [0.15, 0.2) is 0 Å². The van der Waals surface area contributed by atoms with E-state index in [0.29, 0.717) is 11.7 Å². The molecule has 1 atom stereocenters. The van der Waals surface area contributed by atoms with Gasteiger partial charge in [-0.3, -0.25) is 0 Å². The summed E-state index contributed by atoms with van der Waals surface area (Å²) in [7, 11) is 0. The molecule has 0 radical (unpaired) electrons. The first-order chi connectivity index (χ1) is 6.75. The summed E-state index contributed by atoms with van der Waals surface area (Å²) in [6.07, 6.45) is 1.15. The molecule has 1 aliphatic heterocycles. The van der Waals surface area contributed by atoms with Gasteiger partial charge in [0.25, 0.3) is 0 Å². The second-order valence-corrected chi connectivity index (χ2v) is 4.59. The van der Waals surface area contributed by atoms with Crippen LogP contribution in [0.3, 0.4) is 0 Å². The minimum atomic E-state index is -0.283. The lowest BCUT2D eigenvalue weighted by atomic mass is 10.2. The normalized spacial score (nSPS) is 21.1. The van der Waals surface area contributed by atoms with E-state index in [-0.39, 0.29) is 5.82 Å². The summed E-state index contributed by atoms with van der Waals surface area (Å²) in [5.74, 6) is 2.02. The largest absolute Gasteiger partial charge is 0.397 e. The molecule has 1 aliphatic rings. The first kappa shape index (κ1) is 9.65. The van der Waals surface area contributed by atoms with Gasteiger partial charge in [-0.25, -0.2) is 4.39 Å². The van der Waals surface area contributed by atoms with Gasteiger partial charge in [-0.15, -0.1) is 0 Å². The van der Waals surface area contributed by atoms with Gasteiger partial charge in [-0.05, 0) is 30.4 Å². The Morgan fingerprint density at radius 3 is 3.00 bits per heavy atom. The number of hydrogen-bond donors (Lipinski definition) is 2. The van der Waals surface area contributed by atoms with Crippen LogP contribution in [-0.4, -0.2) is 17.5 Å². The number of benzene rings is 1. The fourth-order valence-electron chi connectivity index (χ4n) is 1.53. The zero-order valence-corrected chi connectivity index (χ0v) is 8.61. The summed E-state index contributed by atoms with van der Waals surface area (Å²) in [6.45, 7) is 0.